The summed E-state index contributed by atoms with van der Waals surface area (Å²) in [5, 5.41) is 8.58. The van der Waals surface area contributed by atoms with Gasteiger partial charge in [-0.3, -0.25) is 14.3 Å². The molecule has 4 rings (SSSR count). The molecule has 0 bridgehead atoms. The zero-order valence-electron chi connectivity index (χ0n) is 18.5. The normalized spacial score (nSPS) is 11.0. The summed E-state index contributed by atoms with van der Waals surface area (Å²) in [5.74, 6) is -0.171. The second-order valence-electron chi connectivity index (χ2n) is 7.57. The summed E-state index contributed by atoms with van der Waals surface area (Å²) in [5.41, 5.74) is 3.34. The van der Waals surface area contributed by atoms with Gasteiger partial charge in [0.1, 0.15) is 4.83 Å². The summed E-state index contributed by atoms with van der Waals surface area (Å²) in [4.78, 5) is 28.7. The van der Waals surface area contributed by atoms with Crippen LogP contribution in [0.4, 0.5) is 5.69 Å². The molecule has 2 heterocycles. The van der Waals surface area contributed by atoms with E-state index in [-0.39, 0.29) is 11.8 Å². The Balaban J connectivity index is 1.50. The molecule has 0 saturated heterocycles. The molecule has 0 aliphatic rings. The summed E-state index contributed by atoms with van der Waals surface area (Å²) in [7, 11) is 0. The Morgan fingerprint density at radius 3 is 2.38 bits per heavy atom. The number of aromatic nitrogens is 2. The van der Waals surface area contributed by atoms with Gasteiger partial charge in [-0.05, 0) is 56.7 Å². The molecule has 0 fully saturated rings. The molecule has 0 saturated carbocycles. The third kappa shape index (κ3) is 4.43. The van der Waals surface area contributed by atoms with Crippen LogP contribution in [-0.2, 0) is 6.54 Å². The molecule has 0 unspecified atom stereocenters. The molecule has 0 atom stereocenters. The third-order valence-electron chi connectivity index (χ3n) is 5.45. The Kier molecular flexibility index (Phi) is 6.37. The number of benzene rings is 2. The fourth-order valence-corrected chi connectivity index (χ4v) is 4.73. The lowest BCUT2D eigenvalue weighted by molar-refractivity contribution is 0.0773. The minimum atomic E-state index is -0.167. The van der Waals surface area contributed by atoms with Crippen molar-refractivity contribution in [2.75, 3.05) is 18.4 Å². The molecular weight excluding hydrogens is 420 g/mol. The van der Waals surface area contributed by atoms with Crippen LogP contribution in [0.5, 0.6) is 0 Å². The van der Waals surface area contributed by atoms with E-state index in [4.69, 9.17) is 0 Å². The lowest BCUT2D eigenvalue weighted by Gasteiger charge is -2.18. The molecule has 7 heteroatoms. The Hall–Kier alpha value is -3.45. The number of hydrogen-bond donors (Lipinski definition) is 1. The summed E-state index contributed by atoms with van der Waals surface area (Å²) in [6.45, 7) is 7.88. The van der Waals surface area contributed by atoms with Gasteiger partial charge in [-0.25, -0.2) is 0 Å². The maximum Gasteiger partial charge on any atom is 0.265 e. The van der Waals surface area contributed by atoms with E-state index < -0.39 is 0 Å². The predicted molar refractivity (Wildman–Crippen MR) is 130 cm³/mol. The highest BCUT2D eigenvalue weighted by atomic mass is 32.1. The van der Waals surface area contributed by atoms with Crippen LogP contribution in [0.3, 0.4) is 0 Å². The molecule has 32 heavy (non-hydrogen) atoms. The van der Waals surface area contributed by atoms with E-state index in [0.29, 0.717) is 35.8 Å². The number of hydrogen-bond acceptors (Lipinski definition) is 4. The van der Waals surface area contributed by atoms with E-state index in [1.165, 1.54) is 11.3 Å². The van der Waals surface area contributed by atoms with E-state index >= 15 is 0 Å². The fourth-order valence-electron chi connectivity index (χ4n) is 3.67. The first-order valence-corrected chi connectivity index (χ1v) is 11.5. The molecule has 164 valence electrons. The van der Waals surface area contributed by atoms with E-state index in [0.717, 1.165) is 21.5 Å². The number of aryl methyl sites for hydroxylation is 1. The van der Waals surface area contributed by atoms with Gasteiger partial charge in [-0.1, -0.05) is 30.3 Å². The number of fused-ring (bicyclic) bond motifs is 1. The topological polar surface area (TPSA) is 67.2 Å². The molecule has 0 aliphatic heterocycles. The van der Waals surface area contributed by atoms with E-state index in [1.807, 2.05) is 49.7 Å². The number of rotatable bonds is 7. The second-order valence-corrected chi connectivity index (χ2v) is 8.60. The van der Waals surface area contributed by atoms with Gasteiger partial charge in [0, 0.05) is 29.7 Å². The van der Waals surface area contributed by atoms with Crippen LogP contribution >= 0.6 is 11.3 Å². The smallest absolute Gasteiger partial charge is 0.265 e. The molecule has 0 spiro atoms. The zero-order valence-corrected chi connectivity index (χ0v) is 19.3. The zero-order chi connectivity index (χ0) is 22.7. The average Bonchev–Trinajstić information content (AvgIpc) is 3.37. The maximum atomic E-state index is 12.9. The Bertz CT molecular complexity index is 1240. The average molecular weight is 447 g/mol. The largest absolute Gasteiger partial charge is 0.339 e. The van der Waals surface area contributed by atoms with Gasteiger partial charge in [-0.15, -0.1) is 11.3 Å². The van der Waals surface area contributed by atoms with Gasteiger partial charge in [0.05, 0.1) is 17.1 Å². The molecule has 0 radical (unpaired) electrons. The standard InChI is InChI=1S/C25H26N4O2S/c1-4-28(5-2)24(31)19-11-13-20(14-12-19)26-23(30)22-15-21-17(3)27-29(25(21)32-22)16-18-9-7-6-8-10-18/h6-15H,4-5,16H2,1-3H3,(H,26,30). The van der Waals surface area contributed by atoms with Crippen molar-refractivity contribution in [3.8, 4) is 0 Å². The number of carbonyl (C=O) groups is 2. The predicted octanol–water partition coefficient (Wildman–Crippen LogP) is 5.19. The first kappa shape index (κ1) is 21.8. The molecule has 2 amide bonds. The Morgan fingerprint density at radius 2 is 1.72 bits per heavy atom. The summed E-state index contributed by atoms with van der Waals surface area (Å²) in [6.07, 6.45) is 0. The Labute approximate surface area is 191 Å². The van der Waals surface area contributed by atoms with Crippen molar-refractivity contribution in [2.45, 2.75) is 27.3 Å². The van der Waals surface area contributed by atoms with Crippen LogP contribution in [0.25, 0.3) is 10.2 Å². The van der Waals surface area contributed by atoms with Crippen molar-refractivity contribution in [3.63, 3.8) is 0 Å². The number of thiophene rings is 1. The molecule has 0 aliphatic carbocycles. The Morgan fingerprint density at radius 1 is 1.03 bits per heavy atom. The molecular formula is C25H26N4O2S. The van der Waals surface area contributed by atoms with E-state index in [9.17, 15) is 9.59 Å². The minimum absolute atomic E-state index is 0.00386. The highest BCUT2D eigenvalue weighted by molar-refractivity contribution is 7.20. The van der Waals surface area contributed by atoms with Crippen LogP contribution in [0.15, 0.2) is 60.7 Å². The van der Waals surface area contributed by atoms with E-state index in [1.54, 1.807) is 29.2 Å². The van der Waals surface area contributed by atoms with Crippen molar-refractivity contribution >= 4 is 39.1 Å². The number of nitrogens with one attached hydrogen (secondary N) is 1. The molecule has 1 N–H and O–H groups in total. The van der Waals surface area contributed by atoms with Crippen molar-refractivity contribution in [1.29, 1.82) is 0 Å². The highest BCUT2D eigenvalue weighted by Gasteiger charge is 2.17. The minimum Gasteiger partial charge on any atom is -0.339 e. The van der Waals surface area contributed by atoms with Crippen molar-refractivity contribution < 1.29 is 9.59 Å². The summed E-state index contributed by atoms with van der Waals surface area (Å²) in [6, 6.07) is 19.1. The highest BCUT2D eigenvalue weighted by Crippen LogP contribution is 2.29. The number of anilines is 1. The number of amides is 2. The molecule has 2 aromatic carbocycles. The first-order chi connectivity index (χ1) is 15.5. The summed E-state index contributed by atoms with van der Waals surface area (Å²) >= 11 is 1.44. The quantitative estimate of drug-likeness (QED) is 0.425. The van der Waals surface area contributed by atoms with Crippen LogP contribution < -0.4 is 5.32 Å². The number of nitrogens with zero attached hydrogens (tertiary/aromatic N) is 3. The molecule has 2 aromatic heterocycles. The molecule has 6 nitrogen and oxygen atoms in total. The van der Waals surface area contributed by atoms with E-state index in [2.05, 4.69) is 22.5 Å². The molecule has 4 aromatic rings. The third-order valence-corrected chi connectivity index (χ3v) is 6.59. The number of carbonyl (C=O) groups excluding carboxylic acids is 2. The van der Waals surface area contributed by atoms with Crippen LogP contribution in [0.2, 0.25) is 0 Å². The van der Waals surface area contributed by atoms with Crippen molar-refractivity contribution in [2.24, 2.45) is 0 Å². The van der Waals surface area contributed by atoms with Crippen LogP contribution in [0.1, 0.15) is 45.1 Å². The van der Waals surface area contributed by atoms with Crippen LogP contribution in [-0.4, -0.2) is 39.6 Å². The van der Waals surface area contributed by atoms with Crippen LogP contribution in [0, 0.1) is 6.92 Å². The van der Waals surface area contributed by atoms with Gasteiger partial charge < -0.3 is 10.2 Å². The second kappa shape index (κ2) is 9.36. The lowest BCUT2D eigenvalue weighted by Crippen LogP contribution is -2.30. The maximum absolute atomic E-state index is 12.9. The van der Waals surface area contributed by atoms with Gasteiger partial charge in [-0.2, -0.15) is 5.10 Å². The SMILES string of the molecule is CCN(CC)C(=O)c1ccc(NC(=O)c2cc3c(C)nn(Cc4ccccc4)c3s2)cc1. The van der Waals surface area contributed by atoms with Gasteiger partial charge in [0.2, 0.25) is 0 Å². The lowest BCUT2D eigenvalue weighted by atomic mass is 10.1. The van der Waals surface area contributed by atoms with Gasteiger partial charge >= 0.3 is 0 Å². The van der Waals surface area contributed by atoms with Gasteiger partial charge in [0.15, 0.2) is 0 Å². The monoisotopic (exact) mass is 446 g/mol. The van der Waals surface area contributed by atoms with Crippen molar-refractivity contribution in [3.05, 3.63) is 82.4 Å². The van der Waals surface area contributed by atoms with Crippen molar-refractivity contribution in [1.82, 2.24) is 14.7 Å². The first-order valence-electron chi connectivity index (χ1n) is 10.7. The van der Waals surface area contributed by atoms with Gasteiger partial charge in [0.25, 0.3) is 11.8 Å². The summed E-state index contributed by atoms with van der Waals surface area (Å²) < 4.78 is 1.95. The fraction of sp³-hybridized carbons (Fsp3) is 0.240.